The van der Waals surface area contributed by atoms with Crippen molar-refractivity contribution in [2.24, 2.45) is 5.92 Å². The summed E-state index contributed by atoms with van der Waals surface area (Å²) in [5, 5.41) is 9.49. The van der Waals surface area contributed by atoms with Gasteiger partial charge in [-0.25, -0.2) is 4.79 Å². The number of unbranched alkanes of at least 4 members (excludes halogenated alkanes) is 1. The lowest BCUT2D eigenvalue weighted by Gasteiger charge is -2.16. The minimum atomic E-state index is -0.964. The standard InChI is InChI=1S/C12H24O3/c1-5-6-7-10(4)15-12(14)11(13)8-9(2)3/h9-11,13H,5-8H2,1-4H3. The van der Waals surface area contributed by atoms with Crippen LogP contribution in [0.15, 0.2) is 0 Å². The minimum Gasteiger partial charge on any atom is -0.461 e. The van der Waals surface area contributed by atoms with E-state index < -0.39 is 12.1 Å². The number of ether oxygens (including phenoxy) is 1. The predicted octanol–water partition coefficient (Wildman–Crippen LogP) is 2.52. The molecule has 0 radical (unpaired) electrons. The fourth-order valence-corrected chi connectivity index (χ4v) is 1.37. The second-order valence-electron chi connectivity index (χ2n) is 4.54. The average molecular weight is 216 g/mol. The predicted molar refractivity (Wildman–Crippen MR) is 60.5 cm³/mol. The Morgan fingerprint density at radius 2 is 1.93 bits per heavy atom. The average Bonchev–Trinajstić information content (AvgIpc) is 2.13. The number of carbonyl (C=O) groups excluding carboxylic acids is 1. The number of esters is 1. The van der Waals surface area contributed by atoms with E-state index in [0.717, 1.165) is 19.3 Å². The van der Waals surface area contributed by atoms with Crippen molar-refractivity contribution in [1.82, 2.24) is 0 Å². The lowest BCUT2D eigenvalue weighted by atomic mass is 10.1. The first-order valence-corrected chi connectivity index (χ1v) is 5.85. The molecule has 0 heterocycles. The van der Waals surface area contributed by atoms with Gasteiger partial charge in [-0.05, 0) is 25.7 Å². The molecule has 3 nitrogen and oxygen atoms in total. The van der Waals surface area contributed by atoms with Gasteiger partial charge >= 0.3 is 5.97 Å². The molecule has 0 bridgehead atoms. The molecule has 0 rings (SSSR count). The van der Waals surface area contributed by atoms with Crippen molar-refractivity contribution in [3.05, 3.63) is 0 Å². The summed E-state index contributed by atoms with van der Waals surface area (Å²) < 4.78 is 5.13. The van der Waals surface area contributed by atoms with E-state index >= 15 is 0 Å². The van der Waals surface area contributed by atoms with Crippen LogP contribution >= 0.6 is 0 Å². The summed E-state index contributed by atoms with van der Waals surface area (Å²) in [6, 6.07) is 0. The first-order chi connectivity index (χ1) is 6.97. The van der Waals surface area contributed by atoms with Crippen molar-refractivity contribution < 1.29 is 14.6 Å². The number of aliphatic hydroxyl groups is 1. The van der Waals surface area contributed by atoms with E-state index in [1.165, 1.54) is 0 Å². The van der Waals surface area contributed by atoms with E-state index in [9.17, 15) is 9.90 Å². The van der Waals surface area contributed by atoms with Crippen molar-refractivity contribution in [3.63, 3.8) is 0 Å². The third kappa shape index (κ3) is 7.37. The molecule has 0 spiro atoms. The van der Waals surface area contributed by atoms with Crippen LogP contribution < -0.4 is 0 Å². The summed E-state index contributed by atoms with van der Waals surface area (Å²) in [6.45, 7) is 7.91. The molecule has 15 heavy (non-hydrogen) atoms. The largest absolute Gasteiger partial charge is 0.461 e. The van der Waals surface area contributed by atoms with Crippen LogP contribution in [0.3, 0.4) is 0 Å². The molecular formula is C12H24O3. The molecule has 0 fully saturated rings. The highest BCUT2D eigenvalue weighted by Gasteiger charge is 2.19. The van der Waals surface area contributed by atoms with Gasteiger partial charge in [0, 0.05) is 0 Å². The zero-order chi connectivity index (χ0) is 11.8. The van der Waals surface area contributed by atoms with Crippen molar-refractivity contribution in [3.8, 4) is 0 Å². The van der Waals surface area contributed by atoms with Gasteiger partial charge in [0.1, 0.15) is 0 Å². The lowest BCUT2D eigenvalue weighted by Crippen LogP contribution is -2.28. The highest BCUT2D eigenvalue weighted by atomic mass is 16.6. The van der Waals surface area contributed by atoms with Crippen molar-refractivity contribution in [2.45, 2.75) is 65.6 Å². The molecule has 0 saturated heterocycles. The SMILES string of the molecule is CCCCC(C)OC(=O)C(O)CC(C)C. The zero-order valence-corrected chi connectivity index (χ0v) is 10.3. The van der Waals surface area contributed by atoms with Crippen LogP contribution in [-0.4, -0.2) is 23.3 Å². The van der Waals surface area contributed by atoms with E-state index in [0.29, 0.717) is 12.3 Å². The molecule has 2 unspecified atom stereocenters. The minimum absolute atomic E-state index is 0.0840. The monoisotopic (exact) mass is 216 g/mol. The van der Waals surface area contributed by atoms with E-state index in [1.54, 1.807) is 0 Å². The molecule has 0 aromatic heterocycles. The second kappa shape index (κ2) is 7.69. The summed E-state index contributed by atoms with van der Waals surface area (Å²) in [4.78, 5) is 11.4. The fraction of sp³-hybridized carbons (Fsp3) is 0.917. The van der Waals surface area contributed by atoms with Crippen LogP contribution in [0, 0.1) is 5.92 Å². The molecule has 2 atom stereocenters. The van der Waals surface area contributed by atoms with Gasteiger partial charge in [0.15, 0.2) is 6.10 Å². The Balaban J connectivity index is 3.80. The van der Waals surface area contributed by atoms with Crippen LogP contribution in [0.25, 0.3) is 0 Å². The van der Waals surface area contributed by atoms with Gasteiger partial charge in [-0.15, -0.1) is 0 Å². The first-order valence-electron chi connectivity index (χ1n) is 5.85. The Kier molecular flexibility index (Phi) is 7.39. The van der Waals surface area contributed by atoms with Gasteiger partial charge in [-0.1, -0.05) is 33.6 Å². The van der Waals surface area contributed by atoms with E-state index in [4.69, 9.17) is 4.74 Å². The van der Waals surface area contributed by atoms with Crippen molar-refractivity contribution >= 4 is 5.97 Å². The lowest BCUT2D eigenvalue weighted by molar-refractivity contribution is -0.159. The number of rotatable bonds is 7. The molecule has 0 amide bonds. The maximum atomic E-state index is 11.4. The molecule has 0 aliphatic rings. The van der Waals surface area contributed by atoms with Gasteiger partial charge in [0.2, 0.25) is 0 Å². The highest BCUT2D eigenvalue weighted by molar-refractivity contribution is 5.74. The number of hydrogen-bond acceptors (Lipinski definition) is 3. The Morgan fingerprint density at radius 3 is 2.40 bits per heavy atom. The van der Waals surface area contributed by atoms with Crippen LogP contribution in [0.2, 0.25) is 0 Å². The highest BCUT2D eigenvalue weighted by Crippen LogP contribution is 2.09. The Hall–Kier alpha value is -0.570. The summed E-state index contributed by atoms with van der Waals surface area (Å²) in [6.07, 6.45) is 2.44. The molecule has 90 valence electrons. The maximum absolute atomic E-state index is 11.4. The molecule has 0 aliphatic carbocycles. The summed E-state index contributed by atoms with van der Waals surface area (Å²) in [5.41, 5.74) is 0. The third-order valence-electron chi connectivity index (χ3n) is 2.25. The fourth-order valence-electron chi connectivity index (χ4n) is 1.37. The summed E-state index contributed by atoms with van der Waals surface area (Å²) in [5.74, 6) is -0.175. The number of hydrogen-bond donors (Lipinski definition) is 1. The van der Waals surface area contributed by atoms with Gasteiger partial charge in [-0.3, -0.25) is 0 Å². The topological polar surface area (TPSA) is 46.5 Å². The van der Waals surface area contributed by atoms with Gasteiger partial charge in [0.25, 0.3) is 0 Å². The third-order valence-corrected chi connectivity index (χ3v) is 2.25. The number of aliphatic hydroxyl groups excluding tert-OH is 1. The van der Waals surface area contributed by atoms with Crippen LogP contribution in [0.1, 0.15) is 53.4 Å². The summed E-state index contributed by atoms with van der Waals surface area (Å²) in [7, 11) is 0. The quantitative estimate of drug-likeness (QED) is 0.665. The normalized spacial score (nSPS) is 15.1. The van der Waals surface area contributed by atoms with Crippen molar-refractivity contribution in [1.29, 1.82) is 0 Å². The molecule has 1 N–H and O–H groups in total. The smallest absolute Gasteiger partial charge is 0.335 e. The molecule has 0 aromatic rings. The van der Waals surface area contributed by atoms with Gasteiger partial charge in [-0.2, -0.15) is 0 Å². The Morgan fingerprint density at radius 1 is 1.33 bits per heavy atom. The summed E-state index contributed by atoms with van der Waals surface area (Å²) >= 11 is 0. The van der Waals surface area contributed by atoms with E-state index in [1.807, 2.05) is 20.8 Å². The first kappa shape index (κ1) is 14.4. The molecule has 0 aliphatic heterocycles. The van der Waals surface area contributed by atoms with Crippen molar-refractivity contribution in [2.75, 3.05) is 0 Å². The molecule has 0 aromatic carbocycles. The number of carbonyl (C=O) groups is 1. The van der Waals surface area contributed by atoms with Gasteiger partial charge < -0.3 is 9.84 Å². The maximum Gasteiger partial charge on any atom is 0.335 e. The molecule has 3 heteroatoms. The second-order valence-corrected chi connectivity index (χ2v) is 4.54. The Bertz CT molecular complexity index is 178. The zero-order valence-electron chi connectivity index (χ0n) is 10.3. The molecule has 0 saturated carbocycles. The molecular weight excluding hydrogens is 192 g/mol. The Labute approximate surface area is 92.8 Å². The van der Waals surface area contributed by atoms with Crippen LogP contribution in [0.5, 0.6) is 0 Å². The van der Waals surface area contributed by atoms with Gasteiger partial charge in [0.05, 0.1) is 6.10 Å². The van der Waals surface area contributed by atoms with E-state index in [2.05, 4.69) is 6.92 Å². The van der Waals surface area contributed by atoms with E-state index in [-0.39, 0.29) is 6.10 Å². The van der Waals surface area contributed by atoms with Crippen LogP contribution in [0.4, 0.5) is 0 Å². The van der Waals surface area contributed by atoms with Crippen LogP contribution in [-0.2, 0) is 9.53 Å².